The molecular formula is C22H27NO3. The first-order chi connectivity index (χ1) is 12.4. The van der Waals surface area contributed by atoms with Gasteiger partial charge in [-0.05, 0) is 63.3 Å². The zero-order valence-electron chi connectivity index (χ0n) is 16.3. The van der Waals surface area contributed by atoms with E-state index in [2.05, 4.69) is 44.8 Å². The fraction of sp³-hybridized carbons (Fsp3) is 0.409. The predicted molar refractivity (Wildman–Crippen MR) is 105 cm³/mol. The molecule has 0 saturated carbocycles. The van der Waals surface area contributed by atoms with Crippen molar-refractivity contribution in [2.45, 2.75) is 46.1 Å². The van der Waals surface area contributed by atoms with Crippen molar-refractivity contribution in [1.29, 1.82) is 0 Å². The number of hydrogen-bond donors (Lipinski definition) is 0. The van der Waals surface area contributed by atoms with Crippen LogP contribution in [0.2, 0.25) is 0 Å². The van der Waals surface area contributed by atoms with Crippen LogP contribution in [-0.4, -0.2) is 24.5 Å². The molecule has 0 radical (unpaired) electrons. The quantitative estimate of drug-likeness (QED) is 0.713. The zero-order chi connectivity index (χ0) is 18.7. The number of hydrogen-bond acceptors (Lipinski definition) is 4. The normalized spacial score (nSPS) is 15.6. The highest BCUT2D eigenvalue weighted by Gasteiger charge is 2.31. The lowest BCUT2D eigenvalue weighted by Crippen LogP contribution is -2.33. The summed E-state index contributed by atoms with van der Waals surface area (Å²) >= 11 is 0. The molecule has 4 heteroatoms. The summed E-state index contributed by atoms with van der Waals surface area (Å²) in [6.07, 6.45) is 9.72. The maximum Gasteiger partial charge on any atom is 0.188 e. The first kappa shape index (κ1) is 18.5. The van der Waals surface area contributed by atoms with Gasteiger partial charge in [0, 0.05) is 30.6 Å². The minimum Gasteiger partial charge on any atom is -0.487 e. The van der Waals surface area contributed by atoms with E-state index in [1.807, 2.05) is 18.3 Å². The average Bonchev–Trinajstić information content (AvgIpc) is 2.63. The Bertz CT molecular complexity index is 810. The first-order valence-electron chi connectivity index (χ1n) is 8.98. The summed E-state index contributed by atoms with van der Waals surface area (Å²) in [5.41, 5.74) is 5.40. The van der Waals surface area contributed by atoms with Crippen LogP contribution in [0.25, 0.3) is 12.2 Å². The first-order valence-corrected chi connectivity index (χ1v) is 8.98. The van der Waals surface area contributed by atoms with Crippen LogP contribution >= 0.6 is 0 Å². The van der Waals surface area contributed by atoms with Gasteiger partial charge in [-0.25, -0.2) is 0 Å². The number of ether oxygens (including phenoxy) is 3. The second-order valence-corrected chi connectivity index (χ2v) is 7.33. The van der Waals surface area contributed by atoms with Crippen molar-refractivity contribution in [2.24, 2.45) is 0 Å². The summed E-state index contributed by atoms with van der Waals surface area (Å²) in [7, 11) is 1.64. The molecule has 0 spiro atoms. The minimum atomic E-state index is -0.149. The van der Waals surface area contributed by atoms with Gasteiger partial charge in [-0.3, -0.25) is 4.98 Å². The molecule has 0 aliphatic carbocycles. The van der Waals surface area contributed by atoms with Crippen molar-refractivity contribution in [3.05, 3.63) is 52.3 Å². The Balaban J connectivity index is 2.13. The van der Waals surface area contributed by atoms with Gasteiger partial charge in [0.1, 0.15) is 17.1 Å². The predicted octanol–water partition coefficient (Wildman–Crippen LogP) is 4.96. The van der Waals surface area contributed by atoms with Crippen molar-refractivity contribution in [3.8, 4) is 11.5 Å². The summed E-state index contributed by atoms with van der Waals surface area (Å²) in [6, 6.07) is 3.97. The molecule has 0 fully saturated rings. The number of benzene rings is 1. The van der Waals surface area contributed by atoms with Gasteiger partial charge in [-0.15, -0.1) is 0 Å². The molecule has 0 bridgehead atoms. The summed E-state index contributed by atoms with van der Waals surface area (Å²) in [5, 5.41) is 0. The molecule has 26 heavy (non-hydrogen) atoms. The van der Waals surface area contributed by atoms with Gasteiger partial charge in [-0.2, -0.15) is 0 Å². The van der Waals surface area contributed by atoms with Gasteiger partial charge in [0.25, 0.3) is 0 Å². The highest BCUT2D eigenvalue weighted by Crippen LogP contribution is 2.44. The SMILES string of the molecule is COCOc1c(C)c(C)c2c(c1C=Cc1cccnc1)CCC(C)(C)O2. The summed E-state index contributed by atoms with van der Waals surface area (Å²) in [4.78, 5) is 4.18. The van der Waals surface area contributed by atoms with Gasteiger partial charge in [-0.1, -0.05) is 18.2 Å². The molecule has 0 amide bonds. The number of rotatable bonds is 5. The van der Waals surface area contributed by atoms with Gasteiger partial charge in [0.2, 0.25) is 0 Å². The monoisotopic (exact) mass is 353 g/mol. The van der Waals surface area contributed by atoms with Crippen LogP contribution in [0.5, 0.6) is 11.5 Å². The molecule has 1 aliphatic rings. The molecule has 0 unspecified atom stereocenters. The van der Waals surface area contributed by atoms with Gasteiger partial charge >= 0.3 is 0 Å². The Labute approximate surface area is 155 Å². The standard InChI is InChI=1S/C22H27NO3/c1-15-16(2)21-19(10-11-22(3,4)26-21)18(20(15)25-14-24-5)9-8-17-7-6-12-23-13-17/h6-9,12-13H,10-11,14H2,1-5H3. The van der Waals surface area contributed by atoms with E-state index in [-0.39, 0.29) is 12.4 Å². The smallest absolute Gasteiger partial charge is 0.188 e. The lowest BCUT2D eigenvalue weighted by molar-refractivity contribution is 0.0494. The lowest BCUT2D eigenvalue weighted by atomic mass is 9.87. The molecule has 2 heterocycles. The van der Waals surface area contributed by atoms with E-state index in [9.17, 15) is 0 Å². The van der Waals surface area contributed by atoms with E-state index in [0.717, 1.165) is 46.6 Å². The topological polar surface area (TPSA) is 40.6 Å². The van der Waals surface area contributed by atoms with Crippen molar-refractivity contribution in [1.82, 2.24) is 4.98 Å². The fourth-order valence-corrected chi connectivity index (χ4v) is 3.30. The lowest BCUT2D eigenvalue weighted by Gasteiger charge is -2.35. The summed E-state index contributed by atoms with van der Waals surface area (Å²) in [6.45, 7) is 8.69. The van der Waals surface area contributed by atoms with E-state index >= 15 is 0 Å². The Morgan fingerprint density at radius 2 is 2.04 bits per heavy atom. The van der Waals surface area contributed by atoms with Gasteiger partial charge in [0.15, 0.2) is 6.79 Å². The van der Waals surface area contributed by atoms with Gasteiger partial charge in [0.05, 0.1) is 0 Å². The van der Waals surface area contributed by atoms with Crippen molar-refractivity contribution in [2.75, 3.05) is 13.9 Å². The molecule has 0 atom stereocenters. The van der Waals surface area contributed by atoms with Crippen LogP contribution in [0.3, 0.4) is 0 Å². The number of aromatic nitrogens is 1. The van der Waals surface area contributed by atoms with Crippen molar-refractivity contribution >= 4 is 12.2 Å². The second-order valence-electron chi connectivity index (χ2n) is 7.33. The number of nitrogens with zero attached hydrogens (tertiary/aromatic N) is 1. The third kappa shape index (κ3) is 3.75. The molecule has 2 aromatic rings. The Hall–Kier alpha value is -2.33. The highest BCUT2D eigenvalue weighted by molar-refractivity contribution is 5.78. The molecule has 0 saturated heterocycles. The maximum absolute atomic E-state index is 6.35. The molecule has 138 valence electrons. The largest absolute Gasteiger partial charge is 0.487 e. The maximum atomic E-state index is 6.35. The third-order valence-corrected chi connectivity index (χ3v) is 4.89. The molecule has 1 aromatic heterocycles. The Morgan fingerprint density at radius 3 is 2.73 bits per heavy atom. The van der Waals surface area contributed by atoms with Crippen molar-refractivity contribution < 1.29 is 14.2 Å². The van der Waals surface area contributed by atoms with E-state index < -0.39 is 0 Å². The second kappa shape index (κ2) is 7.50. The average molecular weight is 353 g/mol. The molecular weight excluding hydrogens is 326 g/mol. The Morgan fingerprint density at radius 1 is 1.23 bits per heavy atom. The van der Waals surface area contributed by atoms with Crippen molar-refractivity contribution in [3.63, 3.8) is 0 Å². The van der Waals surface area contributed by atoms with E-state index in [0.29, 0.717) is 0 Å². The van der Waals surface area contributed by atoms with Gasteiger partial charge < -0.3 is 14.2 Å². The summed E-state index contributed by atoms with van der Waals surface area (Å²) < 4.78 is 17.5. The fourth-order valence-electron chi connectivity index (χ4n) is 3.30. The van der Waals surface area contributed by atoms with E-state index in [4.69, 9.17) is 14.2 Å². The number of methoxy groups -OCH3 is 1. The Kier molecular flexibility index (Phi) is 5.33. The molecule has 1 aromatic carbocycles. The van der Waals surface area contributed by atoms with E-state index in [1.54, 1.807) is 13.3 Å². The molecule has 0 N–H and O–H groups in total. The number of pyridine rings is 1. The highest BCUT2D eigenvalue weighted by atomic mass is 16.7. The molecule has 3 rings (SSSR count). The van der Waals surface area contributed by atoms with Crippen LogP contribution in [0, 0.1) is 13.8 Å². The zero-order valence-corrected chi connectivity index (χ0v) is 16.3. The van der Waals surface area contributed by atoms with Crippen LogP contribution in [0.15, 0.2) is 24.5 Å². The third-order valence-electron chi connectivity index (χ3n) is 4.89. The number of fused-ring (bicyclic) bond motifs is 1. The van der Waals surface area contributed by atoms with Crippen LogP contribution < -0.4 is 9.47 Å². The van der Waals surface area contributed by atoms with Crippen LogP contribution in [0.4, 0.5) is 0 Å². The summed E-state index contributed by atoms with van der Waals surface area (Å²) in [5.74, 6) is 1.86. The van der Waals surface area contributed by atoms with Crippen LogP contribution in [0.1, 0.15) is 48.1 Å². The minimum absolute atomic E-state index is 0.149. The molecule has 1 aliphatic heterocycles. The van der Waals surface area contributed by atoms with Crippen LogP contribution in [-0.2, 0) is 11.2 Å². The van der Waals surface area contributed by atoms with E-state index in [1.165, 1.54) is 5.56 Å². The molecule has 4 nitrogen and oxygen atoms in total.